The summed E-state index contributed by atoms with van der Waals surface area (Å²) in [6.07, 6.45) is 5.28. The molecule has 0 spiro atoms. The second-order valence-corrected chi connectivity index (χ2v) is 8.14. The highest BCUT2D eigenvalue weighted by Crippen LogP contribution is 2.34. The van der Waals surface area contributed by atoms with E-state index in [0.29, 0.717) is 30.7 Å². The molecule has 27 heavy (non-hydrogen) atoms. The molecule has 0 bridgehead atoms. The Morgan fingerprint density at radius 2 is 2.07 bits per heavy atom. The summed E-state index contributed by atoms with van der Waals surface area (Å²) in [7, 11) is 1.86. The normalized spacial score (nSPS) is 25.7. The van der Waals surface area contributed by atoms with Crippen LogP contribution in [0.25, 0.3) is 0 Å². The summed E-state index contributed by atoms with van der Waals surface area (Å²) in [6.45, 7) is 4.85. The number of Topliss-reactive ketones (excluding diaryl/α,β-unsaturated/α-hetero) is 1. The van der Waals surface area contributed by atoms with Gasteiger partial charge in [-0.2, -0.15) is 0 Å². The van der Waals surface area contributed by atoms with Gasteiger partial charge in [-0.25, -0.2) is 4.79 Å². The van der Waals surface area contributed by atoms with Gasteiger partial charge in [-0.15, -0.1) is 0 Å². The number of carbonyl (C=O) groups excluding carboxylic acids is 2. The topological polar surface area (TPSA) is 52.7 Å². The predicted octanol–water partition coefficient (Wildman–Crippen LogP) is 3.09. The maximum atomic E-state index is 12.7. The van der Waals surface area contributed by atoms with Crippen LogP contribution >= 0.6 is 0 Å². The highest BCUT2D eigenvalue weighted by Gasteiger charge is 2.39. The predicted molar refractivity (Wildman–Crippen MR) is 108 cm³/mol. The monoisotopic (exact) mass is 371 g/mol. The van der Waals surface area contributed by atoms with E-state index in [-0.39, 0.29) is 12.1 Å². The fourth-order valence-electron chi connectivity index (χ4n) is 4.63. The van der Waals surface area contributed by atoms with E-state index in [1.54, 1.807) is 4.90 Å². The summed E-state index contributed by atoms with van der Waals surface area (Å²) < 4.78 is 0. The summed E-state index contributed by atoms with van der Waals surface area (Å²) >= 11 is 0. The largest absolute Gasteiger partial charge is 0.334 e. The van der Waals surface area contributed by atoms with Gasteiger partial charge >= 0.3 is 6.03 Å². The number of ketones is 1. The van der Waals surface area contributed by atoms with Gasteiger partial charge in [-0.3, -0.25) is 9.69 Å². The number of fused-ring (bicyclic) bond motifs is 1. The number of nitrogens with one attached hydrogen (secondary N) is 1. The van der Waals surface area contributed by atoms with E-state index in [1.165, 1.54) is 5.56 Å². The molecule has 1 aliphatic heterocycles. The van der Waals surface area contributed by atoms with Crippen LogP contribution in [0.1, 0.15) is 44.6 Å². The molecule has 2 fully saturated rings. The van der Waals surface area contributed by atoms with Crippen molar-refractivity contribution >= 4 is 11.8 Å². The third kappa shape index (κ3) is 5.32. The second kappa shape index (κ2) is 9.36. The van der Waals surface area contributed by atoms with Crippen LogP contribution in [0, 0.1) is 5.92 Å². The van der Waals surface area contributed by atoms with Crippen LogP contribution in [0.4, 0.5) is 4.79 Å². The van der Waals surface area contributed by atoms with Gasteiger partial charge in [0.2, 0.25) is 0 Å². The molecule has 1 aliphatic carbocycles. The van der Waals surface area contributed by atoms with Crippen LogP contribution in [-0.4, -0.2) is 60.4 Å². The van der Waals surface area contributed by atoms with Crippen molar-refractivity contribution in [1.82, 2.24) is 15.1 Å². The van der Waals surface area contributed by atoms with Crippen LogP contribution in [0.15, 0.2) is 30.3 Å². The van der Waals surface area contributed by atoms with Gasteiger partial charge in [-0.1, -0.05) is 37.3 Å². The molecule has 3 atom stereocenters. The molecule has 1 aromatic rings. The van der Waals surface area contributed by atoms with Gasteiger partial charge < -0.3 is 10.2 Å². The fourth-order valence-corrected chi connectivity index (χ4v) is 4.63. The molecule has 1 N–H and O–H groups in total. The smallest absolute Gasteiger partial charge is 0.317 e. The highest BCUT2D eigenvalue weighted by atomic mass is 16.2. The number of urea groups is 1. The number of nitrogens with zero attached hydrogens (tertiary/aromatic N) is 2. The molecular weight excluding hydrogens is 338 g/mol. The molecule has 3 rings (SSSR count). The van der Waals surface area contributed by atoms with E-state index in [0.717, 1.165) is 45.2 Å². The summed E-state index contributed by atoms with van der Waals surface area (Å²) in [6, 6.07) is 10.9. The van der Waals surface area contributed by atoms with Crippen LogP contribution in [0.5, 0.6) is 0 Å². The van der Waals surface area contributed by atoms with E-state index < -0.39 is 0 Å². The lowest BCUT2D eigenvalue weighted by Crippen LogP contribution is -2.58. The van der Waals surface area contributed by atoms with E-state index in [2.05, 4.69) is 29.3 Å². The Bertz CT molecular complexity index is 634. The molecule has 0 aromatic heterocycles. The number of likely N-dealkylation sites (N-methyl/N-ethyl adjacent to an activating group) is 1. The lowest BCUT2D eigenvalue weighted by atomic mass is 9.76. The molecule has 1 saturated carbocycles. The van der Waals surface area contributed by atoms with Crippen molar-refractivity contribution in [2.75, 3.05) is 26.7 Å². The maximum absolute atomic E-state index is 12.7. The van der Waals surface area contributed by atoms with Crippen molar-refractivity contribution in [3.63, 3.8) is 0 Å². The minimum absolute atomic E-state index is 0.00651. The zero-order valence-corrected chi connectivity index (χ0v) is 16.7. The Morgan fingerprint density at radius 1 is 1.30 bits per heavy atom. The second-order valence-electron chi connectivity index (χ2n) is 8.14. The van der Waals surface area contributed by atoms with E-state index in [4.69, 9.17) is 0 Å². The van der Waals surface area contributed by atoms with Gasteiger partial charge in [0.15, 0.2) is 0 Å². The number of carbonyl (C=O) groups is 2. The first-order valence-electron chi connectivity index (χ1n) is 10.4. The Hall–Kier alpha value is -1.88. The van der Waals surface area contributed by atoms with Gasteiger partial charge in [0.25, 0.3) is 0 Å². The third-order valence-electron chi connectivity index (χ3n) is 6.03. The van der Waals surface area contributed by atoms with Crippen LogP contribution in [0.2, 0.25) is 0 Å². The number of piperidine rings is 1. The zero-order valence-electron chi connectivity index (χ0n) is 16.7. The third-order valence-corrected chi connectivity index (χ3v) is 6.03. The number of likely N-dealkylation sites (tertiary alicyclic amines) is 1. The summed E-state index contributed by atoms with van der Waals surface area (Å²) in [5.74, 6) is 0.783. The van der Waals surface area contributed by atoms with Gasteiger partial charge in [-0.05, 0) is 43.7 Å². The lowest BCUT2D eigenvalue weighted by molar-refractivity contribution is -0.124. The summed E-state index contributed by atoms with van der Waals surface area (Å²) in [5, 5.41) is 3.23. The number of benzene rings is 1. The van der Waals surface area contributed by atoms with Crippen molar-refractivity contribution in [2.24, 2.45) is 5.92 Å². The molecule has 2 aliphatic rings. The minimum atomic E-state index is -0.00651. The minimum Gasteiger partial charge on any atom is -0.334 e. The Balaban J connectivity index is 1.53. The molecular formula is C22H33N3O2. The van der Waals surface area contributed by atoms with Gasteiger partial charge in [0, 0.05) is 45.1 Å². The van der Waals surface area contributed by atoms with Crippen LogP contribution < -0.4 is 5.32 Å². The lowest BCUT2D eigenvalue weighted by Gasteiger charge is -2.47. The Morgan fingerprint density at radius 3 is 2.81 bits per heavy atom. The van der Waals surface area contributed by atoms with Crippen LogP contribution in [0.3, 0.4) is 0 Å². The highest BCUT2D eigenvalue weighted by molar-refractivity contribution is 5.79. The molecule has 2 amide bonds. The number of hydrogen-bond donors (Lipinski definition) is 1. The molecule has 1 aromatic carbocycles. The molecule has 1 saturated heterocycles. The maximum Gasteiger partial charge on any atom is 0.317 e. The summed E-state index contributed by atoms with van der Waals surface area (Å²) in [4.78, 5) is 28.9. The van der Waals surface area contributed by atoms with E-state index >= 15 is 0 Å². The first-order valence-corrected chi connectivity index (χ1v) is 10.4. The molecule has 5 nitrogen and oxygen atoms in total. The molecule has 148 valence electrons. The Kier molecular flexibility index (Phi) is 6.89. The number of hydrogen-bond acceptors (Lipinski definition) is 3. The van der Waals surface area contributed by atoms with E-state index in [9.17, 15) is 9.59 Å². The fraction of sp³-hybridized carbons (Fsp3) is 0.636. The van der Waals surface area contributed by atoms with Gasteiger partial charge in [0.05, 0.1) is 0 Å². The summed E-state index contributed by atoms with van der Waals surface area (Å²) in [5.41, 5.74) is 1.24. The number of rotatable bonds is 6. The first-order chi connectivity index (χ1) is 13.1. The quantitative estimate of drug-likeness (QED) is 0.836. The molecule has 5 heteroatoms. The van der Waals surface area contributed by atoms with Crippen molar-refractivity contribution in [1.29, 1.82) is 0 Å². The van der Waals surface area contributed by atoms with E-state index in [1.807, 2.05) is 25.2 Å². The standard InChI is InChI=1S/C22H33N3O2/c1-3-12-25-16-19(14-18-15-20(26)9-10-21(18)25)23-22(27)24(2)13-11-17-7-5-4-6-8-17/h4-8,18-19,21H,3,9-16H2,1-2H3,(H,23,27)/t18-,19+,21?/m1/s1. The van der Waals surface area contributed by atoms with Crippen molar-refractivity contribution in [3.8, 4) is 0 Å². The van der Waals surface area contributed by atoms with Crippen LogP contribution in [-0.2, 0) is 11.2 Å². The SMILES string of the molecule is CCCN1C[C@@H](NC(=O)N(C)CCc2ccccc2)C[C@@H]2CC(=O)CCC21. The Labute approximate surface area is 163 Å². The molecule has 0 radical (unpaired) electrons. The first kappa shape index (κ1) is 19.9. The van der Waals surface area contributed by atoms with Crippen molar-refractivity contribution in [3.05, 3.63) is 35.9 Å². The average Bonchev–Trinajstić information content (AvgIpc) is 2.66. The molecule has 1 heterocycles. The molecule has 1 unspecified atom stereocenters. The number of amides is 2. The average molecular weight is 372 g/mol. The van der Waals surface area contributed by atoms with Gasteiger partial charge in [0.1, 0.15) is 5.78 Å². The van der Waals surface area contributed by atoms with Crippen molar-refractivity contribution in [2.45, 2.75) is 57.5 Å². The zero-order chi connectivity index (χ0) is 19.2. The van der Waals surface area contributed by atoms with Crippen molar-refractivity contribution < 1.29 is 9.59 Å².